The average Bonchev–Trinajstić information content (AvgIpc) is 2.65. The van der Waals surface area contributed by atoms with Crippen LogP contribution in [0.5, 0.6) is 0 Å². The Hall–Kier alpha value is -2.44. The third-order valence-corrected chi connectivity index (χ3v) is 4.51. The van der Waals surface area contributed by atoms with Gasteiger partial charge in [-0.3, -0.25) is 4.90 Å². The van der Waals surface area contributed by atoms with Crippen molar-refractivity contribution in [2.45, 2.75) is 19.0 Å². The predicted octanol–water partition coefficient (Wildman–Crippen LogP) is 3.41. The van der Waals surface area contributed by atoms with Crippen LogP contribution in [0.4, 0.5) is 14.9 Å². The second kappa shape index (κ2) is 8.78. The Morgan fingerprint density at radius 1 is 1.08 bits per heavy atom. The molecule has 2 atom stereocenters. The Kier molecular flexibility index (Phi) is 6.20. The van der Waals surface area contributed by atoms with Crippen LogP contribution in [0, 0.1) is 5.82 Å². The topological polar surface area (TPSA) is 53.6 Å². The van der Waals surface area contributed by atoms with E-state index in [4.69, 9.17) is 4.74 Å². The first-order valence-corrected chi connectivity index (χ1v) is 8.83. The number of amides is 2. The molecule has 138 valence electrons. The molecule has 0 spiro atoms. The fourth-order valence-electron chi connectivity index (χ4n) is 3.31. The van der Waals surface area contributed by atoms with Gasteiger partial charge >= 0.3 is 6.03 Å². The lowest BCUT2D eigenvalue weighted by Gasteiger charge is -2.38. The molecular formula is C20H24FN3O2. The highest BCUT2D eigenvalue weighted by atomic mass is 19.1. The molecule has 1 aliphatic rings. The van der Waals surface area contributed by atoms with E-state index in [0.29, 0.717) is 18.9 Å². The van der Waals surface area contributed by atoms with Crippen LogP contribution in [-0.4, -0.2) is 43.3 Å². The number of halogens is 1. The SMILES string of the molecule is CC(NC(=O)Nc1ccc(F)cc1)C(c1ccccc1)N1CCOCC1. The molecule has 0 aromatic heterocycles. The highest BCUT2D eigenvalue weighted by Crippen LogP contribution is 2.25. The predicted molar refractivity (Wildman–Crippen MR) is 99.6 cm³/mol. The van der Waals surface area contributed by atoms with Gasteiger partial charge in [0, 0.05) is 24.8 Å². The summed E-state index contributed by atoms with van der Waals surface area (Å²) < 4.78 is 18.5. The number of anilines is 1. The van der Waals surface area contributed by atoms with Gasteiger partial charge in [-0.15, -0.1) is 0 Å². The number of urea groups is 1. The van der Waals surface area contributed by atoms with Crippen molar-refractivity contribution >= 4 is 11.7 Å². The quantitative estimate of drug-likeness (QED) is 0.862. The van der Waals surface area contributed by atoms with Crippen LogP contribution < -0.4 is 10.6 Å². The van der Waals surface area contributed by atoms with Gasteiger partial charge in [-0.25, -0.2) is 9.18 Å². The standard InChI is InChI=1S/C20H24FN3O2/c1-15(22-20(25)23-18-9-7-17(21)8-10-18)19(16-5-3-2-4-6-16)24-11-13-26-14-12-24/h2-10,15,19H,11-14H2,1H3,(H2,22,23,25). The number of carbonyl (C=O) groups excluding carboxylic acids is 1. The molecule has 1 saturated heterocycles. The number of hydrogen-bond acceptors (Lipinski definition) is 3. The van der Waals surface area contributed by atoms with E-state index in [9.17, 15) is 9.18 Å². The number of rotatable bonds is 5. The van der Waals surface area contributed by atoms with E-state index in [1.165, 1.54) is 24.3 Å². The van der Waals surface area contributed by atoms with Crippen molar-refractivity contribution < 1.29 is 13.9 Å². The fourth-order valence-corrected chi connectivity index (χ4v) is 3.31. The molecule has 2 N–H and O–H groups in total. The van der Waals surface area contributed by atoms with Gasteiger partial charge in [-0.2, -0.15) is 0 Å². The number of ether oxygens (including phenoxy) is 1. The maximum Gasteiger partial charge on any atom is 0.319 e. The van der Waals surface area contributed by atoms with Gasteiger partial charge < -0.3 is 15.4 Å². The molecule has 0 bridgehead atoms. The number of carbonyl (C=O) groups is 1. The summed E-state index contributed by atoms with van der Waals surface area (Å²) in [6, 6.07) is 15.5. The van der Waals surface area contributed by atoms with E-state index < -0.39 is 0 Å². The third-order valence-electron chi connectivity index (χ3n) is 4.51. The maximum atomic E-state index is 13.0. The molecule has 1 fully saturated rings. The van der Waals surface area contributed by atoms with E-state index in [0.717, 1.165) is 18.7 Å². The van der Waals surface area contributed by atoms with Gasteiger partial charge in [-0.1, -0.05) is 30.3 Å². The van der Waals surface area contributed by atoms with Crippen LogP contribution >= 0.6 is 0 Å². The van der Waals surface area contributed by atoms with Crippen LogP contribution in [0.1, 0.15) is 18.5 Å². The lowest BCUT2D eigenvalue weighted by molar-refractivity contribution is 0.00974. The molecule has 2 aromatic carbocycles. The van der Waals surface area contributed by atoms with Crippen molar-refractivity contribution in [1.29, 1.82) is 0 Å². The highest BCUT2D eigenvalue weighted by Gasteiger charge is 2.28. The Morgan fingerprint density at radius 2 is 1.73 bits per heavy atom. The summed E-state index contributed by atoms with van der Waals surface area (Å²) in [6.45, 7) is 5.03. The fraction of sp³-hybridized carbons (Fsp3) is 0.350. The summed E-state index contributed by atoms with van der Waals surface area (Å²) in [6.07, 6.45) is 0. The van der Waals surface area contributed by atoms with Crippen LogP contribution in [0.25, 0.3) is 0 Å². The van der Waals surface area contributed by atoms with E-state index in [1.807, 2.05) is 25.1 Å². The molecule has 1 aliphatic heterocycles. The zero-order chi connectivity index (χ0) is 18.4. The Morgan fingerprint density at radius 3 is 2.38 bits per heavy atom. The Bertz CT molecular complexity index is 703. The van der Waals surface area contributed by atoms with Crippen LogP contribution in [0.3, 0.4) is 0 Å². The molecule has 6 heteroatoms. The van der Waals surface area contributed by atoms with Crippen molar-refractivity contribution in [3.05, 3.63) is 66.0 Å². The van der Waals surface area contributed by atoms with Gasteiger partial charge in [0.1, 0.15) is 5.82 Å². The molecule has 2 amide bonds. The molecule has 0 saturated carbocycles. The molecule has 2 aromatic rings. The number of nitrogens with one attached hydrogen (secondary N) is 2. The van der Waals surface area contributed by atoms with E-state index in [-0.39, 0.29) is 23.9 Å². The molecule has 2 unspecified atom stereocenters. The van der Waals surface area contributed by atoms with Gasteiger partial charge in [0.05, 0.1) is 19.3 Å². The monoisotopic (exact) mass is 357 g/mol. The average molecular weight is 357 g/mol. The normalized spacial score (nSPS) is 17.3. The lowest BCUT2D eigenvalue weighted by atomic mass is 9.98. The minimum absolute atomic E-state index is 0.0547. The minimum atomic E-state index is -0.333. The zero-order valence-electron chi connectivity index (χ0n) is 14.8. The first-order valence-electron chi connectivity index (χ1n) is 8.83. The van der Waals surface area contributed by atoms with Gasteiger partial charge in [0.2, 0.25) is 0 Å². The molecule has 1 heterocycles. The second-order valence-corrected chi connectivity index (χ2v) is 6.40. The summed E-state index contributed by atoms with van der Waals surface area (Å²) >= 11 is 0. The van der Waals surface area contributed by atoms with Crippen molar-refractivity contribution in [3.63, 3.8) is 0 Å². The largest absolute Gasteiger partial charge is 0.379 e. The number of nitrogens with zero attached hydrogens (tertiary/aromatic N) is 1. The Balaban J connectivity index is 1.69. The highest BCUT2D eigenvalue weighted by molar-refractivity contribution is 5.89. The third kappa shape index (κ3) is 4.80. The van der Waals surface area contributed by atoms with E-state index >= 15 is 0 Å². The first-order chi connectivity index (χ1) is 12.6. The summed E-state index contributed by atoms with van der Waals surface area (Å²) in [5.74, 6) is -0.333. The van der Waals surface area contributed by atoms with Crippen LogP contribution in [0.15, 0.2) is 54.6 Å². The number of benzene rings is 2. The summed E-state index contributed by atoms with van der Waals surface area (Å²) in [4.78, 5) is 14.7. The van der Waals surface area contributed by atoms with E-state index in [1.54, 1.807) is 0 Å². The smallest absolute Gasteiger partial charge is 0.319 e. The second-order valence-electron chi connectivity index (χ2n) is 6.40. The molecule has 26 heavy (non-hydrogen) atoms. The number of hydrogen-bond donors (Lipinski definition) is 2. The molecule has 3 rings (SSSR count). The number of morpholine rings is 1. The van der Waals surface area contributed by atoms with E-state index in [2.05, 4.69) is 27.7 Å². The first kappa shape index (κ1) is 18.4. The summed E-state index contributed by atoms with van der Waals surface area (Å²) in [5.41, 5.74) is 1.71. The minimum Gasteiger partial charge on any atom is -0.379 e. The molecular weight excluding hydrogens is 333 g/mol. The molecule has 5 nitrogen and oxygen atoms in total. The van der Waals surface area contributed by atoms with Crippen molar-refractivity contribution in [2.75, 3.05) is 31.6 Å². The van der Waals surface area contributed by atoms with Gasteiger partial charge in [0.15, 0.2) is 0 Å². The summed E-state index contributed by atoms with van der Waals surface area (Å²) in [7, 11) is 0. The van der Waals surface area contributed by atoms with Gasteiger partial charge in [0.25, 0.3) is 0 Å². The maximum absolute atomic E-state index is 13.0. The van der Waals surface area contributed by atoms with Crippen LogP contribution in [0.2, 0.25) is 0 Å². The van der Waals surface area contributed by atoms with Crippen molar-refractivity contribution in [2.24, 2.45) is 0 Å². The van der Waals surface area contributed by atoms with Crippen molar-refractivity contribution in [3.8, 4) is 0 Å². The summed E-state index contributed by atoms with van der Waals surface area (Å²) in [5, 5.41) is 5.76. The Labute approximate surface area is 153 Å². The molecule has 0 aliphatic carbocycles. The zero-order valence-corrected chi connectivity index (χ0v) is 14.8. The van der Waals surface area contributed by atoms with Crippen LogP contribution in [-0.2, 0) is 4.74 Å². The van der Waals surface area contributed by atoms with Gasteiger partial charge in [-0.05, 0) is 36.8 Å². The van der Waals surface area contributed by atoms with Crippen molar-refractivity contribution in [1.82, 2.24) is 10.2 Å². The molecule has 0 radical (unpaired) electrons. The lowest BCUT2D eigenvalue weighted by Crippen LogP contribution is -2.49.